The number of sulfonamides is 1. The number of nitrogens with one attached hydrogen (secondary N) is 1. The van der Waals surface area contributed by atoms with E-state index in [4.69, 9.17) is 18.9 Å². The normalized spacial score (nSPS) is 14.6. The molecule has 1 aliphatic rings. The third-order valence-corrected chi connectivity index (χ3v) is 13.7. The molecular weight excluding hydrogens is 819 g/mol. The number of anilines is 1. The highest BCUT2D eigenvalue weighted by molar-refractivity contribution is 8.03. The van der Waals surface area contributed by atoms with Gasteiger partial charge in [-0.3, -0.25) is 14.1 Å². The van der Waals surface area contributed by atoms with Gasteiger partial charge in [-0.2, -0.15) is 8.42 Å². The van der Waals surface area contributed by atoms with Crippen LogP contribution in [0.15, 0.2) is 73.2 Å². The van der Waals surface area contributed by atoms with Crippen LogP contribution in [0.4, 0.5) is 11.4 Å². The van der Waals surface area contributed by atoms with Crippen molar-refractivity contribution in [3.8, 4) is 23.0 Å². The van der Waals surface area contributed by atoms with E-state index in [1.165, 1.54) is 92.6 Å². The fourth-order valence-electron chi connectivity index (χ4n) is 5.14. The van der Waals surface area contributed by atoms with Crippen molar-refractivity contribution in [2.75, 3.05) is 38.9 Å². The van der Waals surface area contributed by atoms with Crippen LogP contribution in [-0.2, 0) is 40.2 Å². The number of benzene rings is 3. The summed E-state index contributed by atoms with van der Waals surface area (Å²) in [5, 5.41) is 21.5. The molecule has 0 fully saturated rings. The summed E-state index contributed by atoms with van der Waals surface area (Å²) in [5.41, 5.74) is 0.765. The molecule has 4 aromatic rings. The predicted octanol–water partition coefficient (Wildman–Crippen LogP) is 4.52. The van der Waals surface area contributed by atoms with Crippen LogP contribution in [0.3, 0.4) is 0 Å². The highest BCUT2D eigenvalue weighted by atomic mass is 32.2. The van der Waals surface area contributed by atoms with Gasteiger partial charge in [-0.25, -0.2) is 17.7 Å². The molecule has 0 radical (unpaired) electrons. The molecule has 55 heavy (non-hydrogen) atoms. The molecule has 22 heteroatoms. The number of fused-ring (bicyclic) bond motifs is 1. The molecule has 0 bridgehead atoms. The fraction of sp³-hybridized carbons (Fsp3) is 0.303. The number of nitrogens with zero attached hydrogens (tertiary/aromatic N) is 4. The summed E-state index contributed by atoms with van der Waals surface area (Å²) >= 11 is 3.58. The monoisotopic (exact) mass is 853 g/mol. The summed E-state index contributed by atoms with van der Waals surface area (Å²) in [7, 11) is -5.31. The Hall–Kier alpha value is -4.61. The van der Waals surface area contributed by atoms with Crippen molar-refractivity contribution in [1.29, 1.82) is 0 Å². The van der Waals surface area contributed by atoms with E-state index in [2.05, 4.69) is 20.5 Å². The third kappa shape index (κ3) is 9.62. The van der Waals surface area contributed by atoms with Crippen molar-refractivity contribution in [2.45, 2.75) is 44.5 Å². The molecule has 2 heterocycles. The van der Waals surface area contributed by atoms with Crippen molar-refractivity contribution in [1.82, 2.24) is 14.5 Å². The molecule has 0 saturated carbocycles. The molecule has 2 unspecified atom stereocenters. The van der Waals surface area contributed by atoms with E-state index in [0.717, 1.165) is 0 Å². The van der Waals surface area contributed by atoms with Gasteiger partial charge in [0.1, 0.15) is 21.6 Å². The molecule has 5 rings (SSSR count). The summed E-state index contributed by atoms with van der Waals surface area (Å²) < 4.78 is 85.2. The van der Waals surface area contributed by atoms with Crippen LogP contribution in [0.5, 0.6) is 23.0 Å². The van der Waals surface area contributed by atoms with Crippen LogP contribution in [-0.4, -0.2) is 104 Å². The van der Waals surface area contributed by atoms with Crippen molar-refractivity contribution in [3.05, 3.63) is 65.7 Å². The Bertz CT molecular complexity index is 2340. The average molecular weight is 854 g/mol. The molecule has 0 aliphatic carbocycles. The van der Waals surface area contributed by atoms with Gasteiger partial charge < -0.3 is 29.4 Å². The average Bonchev–Trinajstić information content (AvgIpc) is 3.60. The van der Waals surface area contributed by atoms with Gasteiger partial charge in [-0.15, -0.1) is 10.2 Å². The van der Waals surface area contributed by atoms with Gasteiger partial charge >= 0.3 is 5.97 Å². The van der Waals surface area contributed by atoms with Crippen LogP contribution >= 0.6 is 34.9 Å². The molecule has 3 N–H and O–H groups in total. The SMILES string of the molecule is COC(=O)C(C)Sc1nnc(SCc2c(OC(C(=O)Nc3ccccc3OC)C3=Nc4ccccc4S(=O)(=O)N3CCS(=O)(=O)O)cc(OC)c(O)c2C)s1. The number of aliphatic imine (C=N–C) groups is 1. The summed E-state index contributed by atoms with van der Waals surface area (Å²) in [6.07, 6.45) is -1.92. The van der Waals surface area contributed by atoms with E-state index in [0.29, 0.717) is 18.5 Å². The second-order valence-electron chi connectivity index (χ2n) is 11.4. The summed E-state index contributed by atoms with van der Waals surface area (Å²) in [6, 6.07) is 13.4. The highest BCUT2D eigenvalue weighted by Gasteiger charge is 2.42. The van der Waals surface area contributed by atoms with E-state index >= 15 is 0 Å². The van der Waals surface area contributed by atoms with E-state index in [1.807, 2.05) is 0 Å². The number of aromatic nitrogens is 2. The number of aromatic hydroxyl groups is 1. The first-order valence-corrected chi connectivity index (χ1v) is 21.7. The van der Waals surface area contributed by atoms with Crippen LogP contribution in [0.1, 0.15) is 18.1 Å². The predicted molar refractivity (Wildman–Crippen MR) is 206 cm³/mol. The summed E-state index contributed by atoms with van der Waals surface area (Å²) in [4.78, 5) is 30.6. The molecular formula is C33H35N5O12S5. The Kier molecular flexibility index (Phi) is 13.2. The number of thioether (sulfide) groups is 2. The smallest absolute Gasteiger partial charge is 0.318 e. The number of ether oxygens (including phenoxy) is 4. The van der Waals surface area contributed by atoms with Gasteiger partial charge in [0.05, 0.1) is 45.0 Å². The maximum atomic E-state index is 14.4. The number of hydrogen-bond donors (Lipinski definition) is 3. The van der Waals surface area contributed by atoms with Gasteiger partial charge in [-0.05, 0) is 38.1 Å². The maximum Gasteiger partial charge on any atom is 0.318 e. The molecule has 3 aromatic carbocycles. The first kappa shape index (κ1) is 41.6. The molecule has 294 valence electrons. The number of carbonyl (C=O) groups is 2. The van der Waals surface area contributed by atoms with Crippen LogP contribution in [0.2, 0.25) is 0 Å². The van der Waals surface area contributed by atoms with Crippen LogP contribution in [0.25, 0.3) is 0 Å². The molecule has 1 aliphatic heterocycles. The second kappa shape index (κ2) is 17.5. The van der Waals surface area contributed by atoms with Gasteiger partial charge in [0.15, 0.2) is 26.0 Å². The number of carbonyl (C=O) groups excluding carboxylic acids is 2. The Labute approximate surface area is 329 Å². The standard InChI is InChI=1S/C33H35N5O12S5/c1-18-20(17-51-32-36-37-33(53-32)52-19(2)31(41)49-5)24(16-25(48-4)27(18)39)50-28(30(40)35-21-10-6-8-12-23(21)47-3)29-34-22-11-7-9-13-26(22)55(45,46)38(29)14-15-54(42,43)44/h6-13,16,19,28,39H,14-15,17H2,1-5H3,(H,35,40)(H,42,43,44). The molecule has 17 nitrogen and oxygen atoms in total. The van der Waals surface area contributed by atoms with Crippen molar-refractivity contribution < 1.29 is 55.0 Å². The van der Waals surface area contributed by atoms with Crippen molar-refractivity contribution in [3.63, 3.8) is 0 Å². The second-order valence-corrected chi connectivity index (χ2v) is 18.6. The van der Waals surface area contributed by atoms with E-state index in [-0.39, 0.29) is 50.6 Å². The summed E-state index contributed by atoms with van der Waals surface area (Å²) in [6.45, 7) is 2.42. The number of esters is 1. The molecule has 1 aromatic heterocycles. The van der Waals surface area contributed by atoms with Gasteiger partial charge in [0.2, 0.25) is 6.10 Å². The zero-order chi connectivity index (χ0) is 40.1. The van der Waals surface area contributed by atoms with E-state index < -0.39 is 61.5 Å². The van der Waals surface area contributed by atoms with E-state index in [9.17, 15) is 36.1 Å². The first-order chi connectivity index (χ1) is 26.1. The quantitative estimate of drug-likeness (QED) is 0.0799. The first-order valence-electron chi connectivity index (χ1n) is 15.9. The highest BCUT2D eigenvalue weighted by Crippen LogP contribution is 2.43. The van der Waals surface area contributed by atoms with Crippen molar-refractivity contribution in [2.24, 2.45) is 4.99 Å². The number of methoxy groups -OCH3 is 3. The number of amidine groups is 1. The zero-order valence-corrected chi connectivity index (χ0v) is 33.9. The summed E-state index contributed by atoms with van der Waals surface area (Å²) in [5.74, 6) is -2.91. The zero-order valence-electron chi connectivity index (χ0n) is 29.8. The lowest BCUT2D eigenvalue weighted by Gasteiger charge is -2.33. The minimum Gasteiger partial charge on any atom is -0.504 e. The third-order valence-electron chi connectivity index (χ3n) is 7.92. The number of para-hydroxylation sites is 3. The number of phenolic OH excluding ortho intramolecular Hbond substituents is 1. The molecule has 0 saturated heterocycles. The maximum absolute atomic E-state index is 14.4. The van der Waals surface area contributed by atoms with Crippen molar-refractivity contribution >= 4 is 84.1 Å². The van der Waals surface area contributed by atoms with Gasteiger partial charge in [-0.1, -0.05) is 59.1 Å². The molecule has 2 atom stereocenters. The largest absolute Gasteiger partial charge is 0.504 e. The van der Waals surface area contributed by atoms with Gasteiger partial charge in [0, 0.05) is 22.9 Å². The number of hydrogen-bond acceptors (Lipinski definition) is 17. The lowest BCUT2D eigenvalue weighted by Crippen LogP contribution is -2.52. The Balaban J connectivity index is 1.62. The van der Waals surface area contributed by atoms with Crippen LogP contribution in [0, 0.1) is 6.92 Å². The Morgan fingerprint density at radius 3 is 2.36 bits per heavy atom. The fourth-order valence-corrected chi connectivity index (χ4v) is 10.5. The Morgan fingerprint density at radius 1 is 1.00 bits per heavy atom. The lowest BCUT2D eigenvalue weighted by molar-refractivity contribution is -0.139. The topological polar surface area (TPSA) is 233 Å². The van der Waals surface area contributed by atoms with Gasteiger partial charge in [0.25, 0.3) is 26.0 Å². The number of amides is 1. The minimum absolute atomic E-state index is 0.0352. The lowest BCUT2D eigenvalue weighted by atomic mass is 10.1. The number of phenols is 1. The number of rotatable bonds is 16. The van der Waals surface area contributed by atoms with Crippen LogP contribution < -0.4 is 19.5 Å². The molecule has 0 spiro atoms. The van der Waals surface area contributed by atoms with E-state index in [1.54, 1.807) is 32.0 Å². The minimum atomic E-state index is -4.71. The molecule has 1 amide bonds. The Morgan fingerprint density at radius 2 is 1.67 bits per heavy atom.